The van der Waals surface area contributed by atoms with Gasteiger partial charge in [0.05, 0.1) is 12.7 Å². The van der Waals surface area contributed by atoms with Gasteiger partial charge in [-0.05, 0) is 35.1 Å². The summed E-state index contributed by atoms with van der Waals surface area (Å²) in [5.41, 5.74) is 12.1. The summed E-state index contributed by atoms with van der Waals surface area (Å²) in [6, 6.07) is 7.67. The van der Waals surface area contributed by atoms with E-state index in [1.54, 1.807) is 0 Å². The summed E-state index contributed by atoms with van der Waals surface area (Å²) in [4.78, 5) is 14.4. The van der Waals surface area contributed by atoms with Gasteiger partial charge in [0, 0.05) is 10.6 Å². The number of nitrogens with zero attached hydrogens (tertiary/aromatic N) is 3. The molecule has 0 bridgehead atoms. The normalized spacial score (nSPS) is 13.3. The molecule has 0 aliphatic heterocycles. The Kier molecular flexibility index (Phi) is 3.68. The van der Waals surface area contributed by atoms with Crippen LogP contribution in [0, 0.1) is 0 Å². The Bertz CT molecular complexity index is 625. The molecule has 0 aromatic heterocycles. The predicted octanol–water partition coefficient (Wildman–Crippen LogP) is 3.38. The summed E-state index contributed by atoms with van der Waals surface area (Å²) in [5, 5.41) is 3.74. The average molecular weight is 255 g/mol. The van der Waals surface area contributed by atoms with Crippen molar-refractivity contribution in [2.24, 2.45) is 5.11 Å². The number of benzene rings is 1. The first-order valence-corrected chi connectivity index (χ1v) is 5.83. The van der Waals surface area contributed by atoms with E-state index in [1.807, 2.05) is 24.3 Å². The molecule has 5 nitrogen and oxygen atoms in total. The Labute approximate surface area is 110 Å². The van der Waals surface area contributed by atoms with Gasteiger partial charge in [-0.3, -0.25) is 0 Å². The lowest BCUT2D eigenvalue weighted by molar-refractivity contribution is -0.135. The molecule has 0 heterocycles. The smallest absolute Gasteiger partial charge is 0.337 e. The van der Waals surface area contributed by atoms with E-state index in [2.05, 4.69) is 21.3 Å². The molecular formula is C14H13N3O2. The maximum atomic E-state index is 11.6. The first kappa shape index (κ1) is 12.9. The molecule has 0 saturated heterocycles. The molecule has 0 amide bonds. The number of azide groups is 1. The number of rotatable bonds is 3. The topological polar surface area (TPSA) is 75.1 Å². The highest BCUT2D eigenvalue weighted by Crippen LogP contribution is 2.35. The minimum atomic E-state index is -0.500. The molecule has 19 heavy (non-hydrogen) atoms. The first-order chi connectivity index (χ1) is 9.19. The highest BCUT2D eigenvalue weighted by Gasteiger charge is 2.22. The van der Waals surface area contributed by atoms with Crippen molar-refractivity contribution < 1.29 is 9.53 Å². The molecule has 0 N–H and O–H groups in total. The van der Waals surface area contributed by atoms with Crippen molar-refractivity contribution >= 4 is 11.7 Å². The third-order valence-electron chi connectivity index (χ3n) is 3.14. The molecule has 5 heteroatoms. The molecule has 1 aromatic rings. The van der Waals surface area contributed by atoms with Gasteiger partial charge in [0.1, 0.15) is 0 Å². The lowest BCUT2D eigenvalue weighted by Crippen LogP contribution is -2.12. The van der Waals surface area contributed by atoms with Crippen LogP contribution in [0.15, 0.2) is 47.1 Å². The summed E-state index contributed by atoms with van der Waals surface area (Å²) in [5.74, 6) is -0.500. The van der Waals surface area contributed by atoms with E-state index < -0.39 is 5.97 Å². The second kappa shape index (κ2) is 5.42. The number of carbonyl (C=O) groups is 1. The number of fused-ring (bicyclic) bond motifs is 1. The number of carbonyl (C=O) groups excluding carboxylic acids is 1. The summed E-state index contributed by atoms with van der Waals surface area (Å²) in [6.45, 7) is 3.74. The Morgan fingerprint density at radius 3 is 2.84 bits per heavy atom. The molecule has 0 atom stereocenters. The van der Waals surface area contributed by atoms with E-state index in [1.165, 1.54) is 7.11 Å². The lowest BCUT2D eigenvalue weighted by atomic mass is 9.86. The van der Waals surface area contributed by atoms with E-state index >= 15 is 0 Å². The van der Waals surface area contributed by atoms with Gasteiger partial charge in [-0.1, -0.05) is 36.0 Å². The van der Waals surface area contributed by atoms with Crippen LogP contribution in [0.4, 0.5) is 0 Å². The van der Waals surface area contributed by atoms with Crippen LogP contribution in [0.5, 0.6) is 0 Å². The molecule has 0 saturated carbocycles. The number of methoxy groups -OCH3 is 1. The van der Waals surface area contributed by atoms with Crippen LogP contribution in [0.1, 0.15) is 17.5 Å². The SMILES string of the molecule is C=C(C(=O)OC)C1=C(N=[N+]=[N-])c2ccccc2CC1. The first-order valence-electron chi connectivity index (χ1n) is 5.83. The molecule has 0 radical (unpaired) electrons. The third kappa shape index (κ3) is 2.37. The van der Waals surface area contributed by atoms with E-state index in [-0.39, 0.29) is 5.57 Å². The van der Waals surface area contributed by atoms with Crippen molar-refractivity contribution in [2.45, 2.75) is 12.8 Å². The lowest BCUT2D eigenvalue weighted by Gasteiger charge is -2.21. The Hall–Kier alpha value is -2.52. The van der Waals surface area contributed by atoms with Gasteiger partial charge in [-0.2, -0.15) is 0 Å². The largest absolute Gasteiger partial charge is 0.465 e. The van der Waals surface area contributed by atoms with E-state index in [0.29, 0.717) is 17.7 Å². The summed E-state index contributed by atoms with van der Waals surface area (Å²) in [7, 11) is 1.30. The number of aryl methyl sites for hydroxylation is 1. The molecule has 96 valence electrons. The molecule has 0 spiro atoms. The van der Waals surface area contributed by atoms with Gasteiger partial charge in [-0.15, -0.1) is 0 Å². The fraction of sp³-hybridized carbons (Fsp3) is 0.214. The predicted molar refractivity (Wildman–Crippen MR) is 72.0 cm³/mol. The standard InChI is InChI=1S/C14H13N3O2/c1-9(14(18)19-2)11-8-7-10-5-3-4-6-12(10)13(11)16-17-15/h3-6H,1,7-8H2,2H3. The monoisotopic (exact) mass is 255 g/mol. The fourth-order valence-corrected chi connectivity index (χ4v) is 2.21. The van der Waals surface area contributed by atoms with E-state index in [9.17, 15) is 4.79 Å². The molecule has 0 unspecified atom stereocenters. The average Bonchev–Trinajstić information content (AvgIpc) is 2.46. The fourth-order valence-electron chi connectivity index (χ4n) is 2.21. The van der Waals surface area contributed by atoms with Crippen molar-refractivity contribution in [2.75, 3.05) is 7.11 Å². The van der Waals surface area contributed by atoms with Gasteiger partial charge >= 0.3 is 5.97 Å². The van der Waals surface area contributed by atoms with Crippen molar-refractivity contribution in [1.29, 1.82) is 0 Å². The zero-order valence-corrected chi connectivity index (χ0v) is 10.6. The maximum Gasteiger partial charge on any atom is 0.337 e. The number of hydrogen-bond acceptors (Lipinski definition) is 3. The minimum absolute atomic E-state index is 0.249. The van der Waals surface area contributed by atoms with Crippen molar-refractivity contribution in [1.82, 2.24) is 0 Å². The Balaban J connectivity index is 2.59. The van der Waals surface area contributed by atoms with E-state index in [4.69, 9.17) is 5.53 Å². The van der Waals surface area contributed by atoms with E-state index in [0.717, 1.165) is 17.5 Å². The summed E-state index contributed by atoms with van der Waals surface area (Å²) >= 11 is 0. The van der Waals surface area contributed by atoms with Crippen LogP contribution in [-0.4, -0.2) is 13.1 Å². The zero-order chi connectivity index (χ0) is 13.8. The van der Waals surface area contributed by atoms with Crippen LogP contribution in [0.3, 0.4) is 0 Å². The van der Waals surface area contributed by atoms with Crippen LogP contribution >= 0.6 is 0 Å². The quantitative estimate of drug-likeness (QED) is 0.273. The van der Waals surface area contributed by atoms with Crippen LogP contribution in [0.2, 0.25) is 0 Å². The highest BCUT2D eigenvalue weighted by molar-refractivity contribution is 5.96. The molecule has 2 rings (SSSR count). The second-order valence-electron chi connectivity index (χ2n) is 4.14. The van der Waals surface area contributed by atoms with Gasteiger partial charge < -0.3 is 4.74 Å². The highest BCUT2D eigenvalue weighted by atomic mass is 16.5. The van der Waals surface area contributed by atoms with Gasteiger partial charge in [0.25, 0.3) is 0 Å². The van der Waals surface area contributed by atoms with Crippen LogP contribution < -0.4 is 0 Å². The van der Waals surface area contributed by atoms with Crippen molar-refractivity contribution in [3.8, 4) is 0 Å². The number of hydrogen-bond donors (Lipinski definition) is 0. The van der Waals surface area contributed by atoms with Crippen LogP contribution in [0.25, 0.3) is 16.1 Å². The molecule has 1 aromatic carbocycles. The van der Waals surface area contributed by atoms with Gasteiger partial charge in [0.2, 0.25) is 0 Å². The Morgan fingerprint density at radius 2 is 2.16 bits per heavy atom. The molecular weight excluding hydrogens is 242 g/mol. The molecule has 1 aliphatic rings. The number of ether oxygens (including phenoxy) is 1. The Morgan fingerprint density at radius 1 is 1.42 bits per heavy atom. The van der Waals surface area contributed by atoms with Gasteiger partial charge in [0.15, 0.2) is 0 Å². The summed E-state index contributed by atoms with van der Waals surface area (Å²) < 4.78 is 4.67. The van der Waals surface area contributed by atoms with Crippen molar-refractivity contribution in [3.63, 3.8) is 0 Å². The minimum Gasteiger partial charge on any atom is -0.465 e. The maximum absolute atomic E-state index is 11.6. The van der Waals surface area contributed by atoms with Gasteiger partial charge in [-0.25, -0.2) is 4.79 Å². The second-order valence-corrected chi connectivity index (χ2v) is 4.14. The molecule has 0 fully saturated rings. The summed E-state index contributed by atoms with van der Waals surface area (Å²) in [6.07, 6.45) is 1.39. The third-order valence-corrected chi connectivity index (χ3v) is 3.14. The zero-order valence-electron chi connectivity index (χ0n) is 10.6. The number of esters is 1. The van der Waals surface area contributed by atoms with Crippen LogP contribution in [-0.2, 0) is 16.0 Å². The molecule has 1 aliphatic carbocycles. The van der Waals surface area contributed by atoms with Crippen molar-refractivity contribution in [3.05, 3.63) is 63.6 Å².